The number of aliphatic hydroxyl groups excluding tert-OH is 2. The van der Waals surface area contributed by atoms with Gasteiger partial charge in [-0.2, -0.15) is 0 Å². The van der Waals surface area contributed by atoms with Crippen molar-refractivity contribution in [3.63, 3.8) is 0 Å². The van der Waals surface area contributed by atoms with Crippen LogP contribution in [0.1, 0.15) is 89.1 Å². The van der Waals surface area contributed by atoms with Crippen LogP contribution in [0.25, 0.3) is 0 Å². The van der Waals surface area contributed by atoms with Gasteiger partial charge in [-0.3, -0.25) is 19.2 Å². The lowest BCUT2D eigenvalue weighted by Gasteiger charge is -2.43. The number of Topliss-reactive ketones (excluding diaryl/α,β-unsaturated/α-hetero) is 1. The number of aromatic hydroxyl groups is 2. The molecule has 8 N–H and O–H groups in total. The first kappa shape index (κ1) is 34.4. The van der Waals surface area contributed by atoms with E-state index < -0.39 is 108 Å². The first-order chi connectivity index (χ1) is 22.1. The Labute approximate surface area is 270 Å². The maximum atomic E-state index is 13.8. The molecule has 14 heteroatoms. The van der Waals surface area contributed by atoms with Gasteiger partial charge in [-0.25, -0.2) is 0 Å². The predicted octanol–water partition coefficient (Wildman–Crippen LogP) is 0.532. The molecule has 0 radical (unpaired) electrons. The van der Waals surface area contributed by atoms with Crippen LogP contribution >= 0.6 is 0 Å². The second-order valence-electron chi connectivity index (χ2n) is 12.8. The Morgan fingerprint density at radius 1 is 1.13 bits per heavy atom. The maximum absolute atomic E-state index is 13.8. The minimum atomic E-state index is -2.32. The summed E-state index contributed by atoms with van der Waals surface area (Å²) in [6, 6.07) is 2.61. The van der Waals surface area contributed by atoms with Gasteiger partial charge in [-0.05, 0) is 25.3 Å². The fourth-order valence-electron chi connectivity index (χ4n) is 6.76. The fourth-order valence-corrected chi connectivity index (χ4v) is 6.76. The number of amides is 1. The highest BCUT2D eigenvalue weighted by Gasteiger charge is 2.50. The minimum Gasteiger partial charge on any atom is -0.507 e. The summed E-state index contributed by atoms with van der Waals surface area (Å²) in [5.41, 5.74) is 2.10. The number of benzene rings is 2. The second kappa shape index (κ2) is 12.9. The van der Waals surface area contributed by atoms with Crippen molar-refractivity contribution in [2.75, 3.05) is 13.7 Å². The summed E-state index contributed by atoms with van der Waals surface area (Å²) in [6.45, 7) is 4.31. The van der Waals surface area contributed by atoms with Crippen LogP contribution in [0.15, 0.2) is 18.2 Å². The summed E-state index contributed by atoms with van der Waals surface area (Å²) in [7, 11) is 1.31. The van der Waals surface area contributed by atoms with Gasteiger partial charge in [0, 0.05) is 36.0 Å². The quantitative estimate of drug-likeness (QED) is 0.156. The normalized spacial score (nSPS) is 27.5. The number of aliphatic hydroxyl groups is 3. The summed E-state index contributed by atoms with van der Waals surface area (Å²) in [5, 5.41) is 57.8. The lowest BCUT2D eigenvalue weighted by molar-refractivity contribution is -0.249. The number of carbonyl (C=O) groups is 4. The van der Waals surface area contributed by atoms with E-state index in [-0.39, 0.29) is 40.3 Å². The average Bonchev–Trinajstić information content (AvgIpc) is 3.02. The van der Waals surface area contributed by atoms with Crippen molar-refractivity contribution in [1.82, 2.24) is 5.32 Å². The van der Waals surface area contributed by atoms with Crippen molar-refractivity contribution >= 4 is 23.3 Å². The van der Waals surface area contributed by atoms with Gasteiger partial charge in [-0.15, -0.1) is 0 Å². The van der Waals surface area contributed by atoms with Crippen LogP contribution in [-0.4, -0.2) is 98.7 Å². The van der Waals surface area contributed by atoms with Gasteiger partial charge in [-0.1, -0.05) is 26.0 Å². The molecule has 47 heavy (non-hydrogen) atoms. The Kier molecular flexibility index (Phi) is 9.48. The van der Waals surface area contributed by atoms with E-state index in [9.17, 15) is 44.7 Å². The molecule has 0 saturated carbocycles. The van der Waals surface area contributed by atoms with Crippen LogP contribution in [0.4, 0.5) is 0 Å². The third kappa shape index (κ3) is 6.01. The van der Waals surface area contributed by atoms with Crippen molar-refractivity contribution in [3.05, 3.63) is 51.6 Å². The molecule has 0 aromatic heterocycles. The SMILES string of the molecule is COc1cccc2c1C(=O)c1c(O)c3c(c(O)c1C2=O)C[C@@](O)(C(=O)CO)C[C@@H]3OC1CC(NC(=O)[C@@H](N)CC(C)C)C(O)C(C)O1. The Hall–Kier alpha value is -3.92. The zero-order valence-electron chi connectivity index (χ0n) is 26.5. The van der Waals surface area contributed by atoms with Gasteiger partial charge in [0.25, 0.3) is 0 Å². The van der Waals surface area contributed by atoms with Gasteiger partial charge in [0.05, 0.1) is 48.1 Å². The number of ketones is 3. The van der Waals surface area contributed by atoms with Crippen LogP contribution in [0.5, 0.6) is 17.2 Å². The number of carbonyl (C=O) groups excluding carboxylic acids is 4. The molecule has 4 unspecified atom stereocenters. The van der Waals surface area contributed by atoms with E-state index in [4.69, 9.17) is 19.9 Å². The number of hydrogen-bond donors (Lipinski definition) is 7. The van der Waals surface area contributed by atoms with E-state index in [1.54, 1.807) is 6.92 Å². The Morgan fingerprint density at radius 3 is 2.45 bits per heavy atom. The van der Waals surface area contributed by atoms with E-state index in [0.29, 0.717) is 6.42 Å². The molecule has 2 aliphatic carbocycles. The number of methoxy groups -OCH3 is 1. The molecular weight excluding hydrogens is 616 g/mol. The molecule has 0 spiro atoms. The van der Waals surface area contributed by atoms with Gasteiger partial charge in [0.2, 0.25) is 11.7 Å². The smallest absolute Gasteiger partial charge is 0.237 e. The number of phenolic OH excluding ortho intramolecular Hbond substituents is 2. The van der Waals surface area contributed by atoms with Crippen molar-refractivity contribution < 1.29 is 58.9 Å². The van der Waals surface area contributed by atoms with Crippen molar-refractivity contribution in [2.45, 2.75) is 88.7 Å². The molecule has 3 aliphatic rings. The monoisotopic (exact) mass is 656 g/mol. The second-order valence-corrected chi connectivity index (χ2v) is 12.8. The van der Waals surface area contributed by atoms with Crippen LogP contribution in [-0.2, 0) is 25.5 Å². The van der Waals surface area contributed by atoms with Crippen LogP contribution < -0.4 is 15.8 Å². The molecule has 5 rings (SSSR count). The van der Waals surface area contributed by atoms with Gasteiger partial charge in [0.1, 0.15) is 35.6 Å². The molecule has 1 fully saturated rings. The lowest BCUT2D eigenvalue weighted by atomic mass is 9.72. The highest BCUT2D eigenvalue weighted by atomic mass is 16.7. The zero-order valence-corrected chi connectivity index (χ0v) is 26.5. The molecule has 7 atom stereocenters. The summed E-state index contributed by atoms with van der Waals surface area (Å²) >= 11 is 0. The average molecular weight is 657 g/mol. The largest absolute Gasteiger partial charge is 0.507 e. The molecule has 0 bridgehead atoms. The van der Waals surface area contributed by atoms with Gasteiger partial charge < -0.3 is 50.8 Å². The van der Waals surface area contributed by atoms with Crippen LogP contribution in [0.2, 0.25) is 0 Å². The van der Waals surface area contributed by atoms with Crippen LogP contribution in [0.3, 0.4) is 0 Å². The lowest BCUT2D eigenvalue weighted by Crippen LogP contribution is -2.58. The van der Waals surface area contributed by atoms with E-state index in [1.807, 2.05) is 13.8 Å². The Balaban J connectivity index is 1.56. The standard InChI is InChI=1S/C33H40N2O12/c1-13(2)8-17(34)32(43)35-18-9-22(46-14(3)27(18)38)47-20-11-33(44,21(37)12-36)10-16-24(20)31(42)26-25(29(16)40)28(39)15-6-5-7-19(45-4)23(15)30(26)41/h5-7,13-14,17-18,20,22,27,36,38,40,42,44H,8-12,34H2,1-4H3,(H,35,43)/t14?,17-,18?,20-,22?,27?,33-/m0/s1. The Morgan fingerprint density at radius 2 is 1.81 bits per heavy atom. The first-order valence-corrected chi connectivity index (χ1v) is 15.4. The number of nitrogens with one attached hydrogen (secondary N) is 1. The molecule has 1 heterocycles. The minimum absolute atomic E-state index is 0.0724. The van der Waals surface area contributed by atoms with E-state index in [2.05, 4.69) is 5.32 Å². The number of ether oxygens (including phenoxy) is 3. The summed E-state index contributed by atoms with van der Waals surface area (Å²) in [6.07, 6.45) is -5.56. The number of rotatable bonds is 9. The number of nitrogens with two attached hydrogens (primary N) is 1. The molecule has 2 aromatic rings. The molecular formula is C33H40N2O12. The fraction of sp³-hybridized carbons (Fsp3) is 0.515. The van der Waals surface area contributed by atoms with E-state index in [1.165, 1.54) is 25.3 Å². The van der Waals surface area contributed by atoms with Crippen LogP contribution in [0, 0.1) is 5.92 Å². The van der Waals surface area contributed by atoms with Gasteiger partial charge >= 0.3 is 0 Å². The summed E-state index contributed by atoms with van der Waals surface area (Å²) < 4.78 is 17.4. The maximum Gasteiger partial charge on any atom is 0.237 e. The van der Waals surface area contributed by atoms with Crippen molar-refractivity contribution in [2.24, 2.45) is 11.7 Å². The van der Waals surface area contributed by atoms with Crippen molar-refractivity contribution in [1.29, 1.82) is 0 Å². The number of phenols is 2. The topological polar surface area (TPSA) is 235 Å². The highest BCUT2D eigenvalue weighted by molar-refractivity contribution is 6.31. The van der Waals surface area contributed by atoms with E-state index in [0.717, 1.165) is 0 Å². The predicted molar refractivity (Wildman–Crippen MR) is 163 cm³/mol. The molecule has 254 valence electrons. The third-order valence-corrected chi connectivity index (χ3v) is 9.15. The summed E-state index contributed by atoms with van der Waals surface area (Å²) in [4.78, 5) is 53.1. The molecule has 1 aliphatic heterocycles. The molecule has 2 aromatic carbocycles. The van der Waals surface area contributed by atoms with Gasteiger partial charge in [0.15, 0.2) is 17.9 Å². The van der Waals surface area contributed by atoms with Crippen molar-refractivity contribution in [3.8, 4) is 17.2 Å². The zero-order chi connectivity index (χ0) is 34.5. The number of fused-ring (bicyclic) bond motifs is 3. The van der Waals surface area contributed by atoms with E-state index >= 15 is 0 Å². The highest BCUT2D eigenvalue weighted by Crippen LogP contribution is 2.52. The third-order valence-electron chi connectivity index (χ3n) is 9.15. The first-order valence-electron chi connectivity index (χ1n) is 15.4. The number of hydrogen-bond acceptors (Lipinski definition) is 13. The summed E-state index contributed by atoms with van der Waals surface area (Å²) in [5.74, 6) is -4.34. The molecule has 14 nitrogen and oxygen atoms in total. The molecule has 1 amide bonds. The molecule has 1 saturated heterocycles. The Bertz CT molecular complexity index is 1620.